The highest BCUT2D eigenvalue weighted by atomic mass is 19.1. The van der Waals surface area contributed by atoms with Gasteiger partial charge < -0.3 is 34.9 Å². The predicted octanol–water partition coefficient (Wildman–Crippen LogP) is 4.80. The van der Waals surface area contributed by atoms with Crippen LogP contribution in [0.5, 0.6) is 17.2 Å². The molecule has 11 heteroatoms. The van der Waals surface area contributed by atoms with Crippen LogP contribution in [0.1, 0.15) is 28.8 Å². The van der Waals surface area contributed by atoms with E-state index in [1.54, 1.807) is 35.2 Å². The smallest absolute Gasteiger partial charge is 0.335 e. The summed E-state index contributed by atoms with van der Waals surface area (Å²) in [5.41, 5.74) is 1.19. The van der Waals surface area contributed by atoms with Crippen LogP contribution in [0.3, 0.4) is 0 Å². The second-order valence-corrected chi connectivity index (χ2v) is 9.14. The van der Waals surface area contributed by atoms with Gasteiger partial charge in [0.1, 0.15) is 18.2 Å². The SMILES string of the molecule is COc1cc(CC(=O)N2CCCC2COc2ccc(C(=O)O)cc2OC)ccc1NC(=O)Nc1ccccc1F. The maximum atomic E-state index is 13.8. The summed E-state index contributed by atoms with van der Waals surface area (Å²) in [6, 6.07) is 14.4. The number of amides is 3. The predicted molar refractivity (Wildman–Crippen MR) is 146 cm³/mol. The zero-order valence-corrected chi connectivity index (χ0v) is 22.1. The summed E-state index contributed by atoms with van der Waals surface area (Å²) in [6.07, 6.45) is 1.72. The molecule has 3 aromatic rings. The van der Waals surface area contributed by atoms with Gasteiger partial charge in [-0.25, -0.2) is 14.0 Å². The number of rotatable bonds is 10. The van der Waals surface area contributed by atoms with Crippen molar-refractivity contribution in [3.8, 4) is 17.2 Å². The normalized spacial score (nSPS) is 14.4. The van der Waals surface area contributed by atoms with Crippen molar-refractivity contribution in [3.05, 3.63) is 77.6 Å². The molecular weight excluding hydrogens is 521 g/mol. The minimum atomic E-state index is -1.07. The highest BCUT2D eigenvalue weighted by molar-refractivity contribution is 6.00. The first-order valence-electron chi connectivity index (χ1n) is 12.6. The van der Waals surface area contributed by atoms with Crippen molar-refractivity contribution in [1.29, 1.82) is 0 Å². The van der Waals surface area contributed by atoms with Crippen LogP contribution in [0.4, 0.5) is 20.6 Å². The molecule has 0 saturated carbocycles. The monoisotopic (exact) mass is 551 g/mol. The van der Waals surface area contributed by atoms with Gasteiger partial charge in [0.05, 0.1) is 43.6 Å². The molecule has 4 rings (SSSR count). The van der Waals surface area contributed by atoms with Gasteiger partial charge in [-0.1, -0.05) is 18.2 Å². The number of halogens is 1. The number of methoxy groups -OCH3 is 2. The Morgan fingerprint density at radius 1 is 0.950 bits per heavy atom. The molecule has 1 heterocycles. The quantitative estimate of drug-likeness (QED) is 0.331. The molecule has 3 amide bonds. The molecule has 0 spiro atoms. The number of benzene rings is 3. The Labute approximate surface area is 230 Å². The number of hydrogen-bond donors (Lipinski definition) is 3. The summed E-state index contributed by atoms with van der Waals surface area (Å²) in [5.74, 6) is -0.646. The molecule has 40 heavy (non-hydrogen) atoms. The van der Waals surface area contributed by atoms with E-state index in [2.05, 4.69) is 10.6 Å². The number of ether oxygens (including phenoxy) is 3. The van der Waals surface area contributed by atoms with Crippen LogP contribution in [0.2, 0.25) is 0 Å². The second kappa shape index (κ2) is 12.8. The van der Waals surface area contributed by atoms with Crippen molar-refractivity contribution in [1.82, 2.24) is 4.90 Å². The number of anilines is 2. The Balaban J connectivity index is 1.37. The number of carbonyl (C=O) groups excluding carboxylic acids is 2. The number of nitrogens with zero attached hydrogens (tertiary/aromatic N) is 1. The summed E-state index contributed by atoms with van der Waals surface area (Å²) in [6.45, 7) is 0.826. The van der Waals surface area contributed by atoms with Crippen molar-refractivity contribution in [3.63, 3.8) is 0 Å². The zero-order valence-electron chi connectivity index (χ0n) is 22.1. The number of carbonyl (C=O) groups is 3. The van der Waals surface area contributed by atoms with Crippen molar-refractivity contribution < 1.29 is 38.1 Å². The molecular formula is C29H30FN3O7. The number of para-hydroxylation sites is 1. The van der Waals surface area contributed by atoms with E-state index < -0.39 is 17.8 Å². The van der Waals surface area contributed by atoms with Crippen molar-refractivity contribution in [2.45, 2.75) is 25.3 Å². The van der Waals surface area contributed by atoms with Gasteiger partial charge in [0, 0.05) is 6.54 Å². The first kappa shape index (κ1) is 28.2. The lowest BCUT2D eigenvalue weighted by Crippen LogP contribution is -2.39. The molecule has 0 bridgehead atoms. The molecule has 10 nitrogen and oxygen atoms in total. The van der Waals surface area contributed by atoms with Gasteiger partial charge in [0.2, 0.25) is 5.91 Å². The lowest BCUT2D eigenvalue weighted by Gasteiger charge is -2.25. The second-order valence-electron chi connectivity index (χ2n) is 9.14. The van der Waals surface area contributed by atoms with Crippen LogP contribution >= 0.6 is 0 Å². The van der Waals surface area contributed by atoms with E-state index in [-0.39, 0.29) is 36.2 Å². The van der Waals surface area contributed by atoms with E-state index in [0.717, 1.165) is 12.8 Å². The third-order valence-electron chi connectivity index (χ3n) is 6.53. The van der Waals surface area contributed by atoms with Gasteiger partial charge in [-0.05, 0) is 60.9 Å². The third kappa shape index (κ3) is 6.79. The lowest BCUT2D eigenvalue weighted by molar-refractivity contribution is -0.131. The Morgan fingerprint density at radius 3 is 2.42 bits per heavy atom. The molecule has 1 fully saturated rings. The first-order chi connectivity index (χ1) is 19.3. The van der Waals surface area contributed by atoms with Crippen LogP contribution in [0.15, 0.2) is 60.7 Å². The molecule has 0 aliphatic carbocycles. The standard InChI is InChI=1S/C29H30FN3O7/c1-38-25-14-18(9-11-23(25)32-29(37)31-22-8-4-3-7-21(22)30)15-27(34)33-13-5-6-20(33)17-40-24-12-10-19(28(35)36)16-26(24)39-2/h3-4,7-12,14,16,20H,5-6,13,15,17H2,1-2H3,(H,35,36)(H2,31,32,37). The Kier molecular flexibility index (Phi) is 9.05. The number of carboxylic acid groups (broad SMARTS) is 1. The molecule has 3 N–H and O–H groups in total. The summed E-state index contributed by atoms with van der Waals surface area (Å²) in [5, 5.41) is 14.3. The van der Waals surface area contributed by atoms with E-state index in [4.69, 9.17) is 14.2 Å². The van der Waals surface area contributed by atoms with Gasteiger partial charge in [-0.2, -0.15) is 0 Å². The van der Waals surface area contributed by atoms with Crippen LogP contribution < -0.4 is 24.8 Å². The number of hydrogen-bond acceptors (Lipinski definition) is 6. The molecule has 1 unspecified atom stereocenters. The largest absolute Gasteiger partial charge is 0.495 e. The maximum Gasteiger partial charge on any atom is 0.335 e. The number of nitrogens with one attached hydrogen (secondary N) is 2. The summed E-state index contributed by atoms with van der Waals surface area (Å²) >= 11 is 0. The van der Waals surface area contributed by atoms with E-state index in [9.17, 15) is 23.9 Å². The number of aromatic carboxylic acids is 1. The summed E-state index contributed by atoms with van der Waals surface area (Å²) in [7, 11) is 2.88. The Hall–Kier alpha value is -4.80. The van der Waals surface area contributed by atoms with Crippen LogP contribution in [-0.4, -0.2) is 61.3 Å². The van der Waals surface area contributed by atoms with E-state index in [0.29, 0.717) is 35.0 Å². The third-order valence-corrected chi connectivity index (χ3v) is 6.53. The average Bonchev–Trinajstić information content (AvgIpc) is 3.42. The zero-order chi connectivity index (χ0) is 28.6. The average molecular weight is 552 g/mol. The van der Waals surface area contributed by atoms with Crippen LogP contribution in [0.25, 0.3) is 0 Å². The van der Waals surface area contributed by atoms with Crippen molar-refractivity contribution in [2.75, 3.05) is 38.0 Å². The minimum Gasteiger partial charge on any atom is -0.495 e. The minimum absolute atomic E-state index is 0.0426. The van der Waals surface area contributed by atoms with Gasteiger partial charge >= 0.3 is 12.0 Å². The van der Waals surface area contributed by atoms with Gasteiger partial charge in [0.25, 0.3) is 0 Å². The van der Waals surface area contributed by atoms with E-state index in [1.165, 1.54) is 44.6 Å². The topological polar surface area (TPSA) is 126 Å². The van der Waals surface area contributed by atoms with Crippen LogP contribution in [0, 0.1) is 5.82 Å². The molecule has 210 valence electrons. The lowest BCUT2D eigenvalue weighted by atomic mass is 10.1. The van der Waals surface area contributed by atoms with Gasteiger partial charge in [0.15, 0.2) is 11.5 Å². The molecule has 1 saturated heterocycles. The maximum absolute atomic E-state index is 13.8. The fourth-order valence-corrected chi connectivity index (χ4v) is 4.51. The van der Waals surface area contributed by atoms with Gasteiger partial charge in [-0.15, -0.1) is 0 Å². The fraction of sp³-hybridized carbons (Fsp3) is 0.276. The molecule has 1 atom stereocenters. The molecule has 1 aliphatic heterocycles. The number of likely N-dealkylation sites (tertiary alicyclic amines) is 1. The first-order valence-corrected chi connectivity index (χ1v) is 12.6. The van der Waals surface area contributed by atoms with E-state index in [1.807, 2.05) is 0 Å². The number of urea groups is 1. The van der Waals surface area contributed by atoms with Gasteiger partial charge in [-0.3, -0.25) is 4.79 Å². The highest BCUT2D eigenvalue weighted by Crippen LogP contribution is 2.30. The summed E-state index contributed by atoms with van der Waals surface area (Å²) < 4.78 is 30.4. The fourth-order valence-electron chi connectivity index (χ4n) is 4.51. The molecule has 3 aromatic carbocycles. The highest BCUT2D eigenvalue weighted by Gasteiger charge is 2.29. The molecule has 0 aromatic heterocycles. The van der Waals surface area contributed by atoms with Crippen molar-refractivity contribution >= 4 is 29.3 Å². The Bertz CT molecular complexity index is 1400. The van der Waals surface area contributed by atoms with Crippen molar-refractivity contribution in [2.24, 2.45) is 0 Å². The Morgan fingerprint density at radius 2 is 1.70 bits per heavy atom. The molecule has 0 radical (unpaired) electrons. The summed E-state index contributed by atoms with van der Waals surface area (Å²) in [4.78, 5) is 38.6. The van der Waals surface area contributed by atoms with Crippen LogP contribution in [-0.2, 0) is 11.2 Å². The van der Waals surface area contributed by atoms with E-state index >= 15 is 0 Å². The molecule has 1 aliphatic rings. The number of carboxylic acids is 1.